The van der Waals surface area contributed by atoms with Crippen molar-refractivity contribution in [3.63, 3.8) is 0 Å². The first-order valence-electron chi connectivity index (χ1n) is 5.35. The minimum absolute atomic E-state index is 0.0322. The van der Waals surface area contributed by atoms with Crippen LogP contribution in [0, 0.1) is 13.8 Å². The molecule has 0 aliphatic rings. The van der Waals surface area contributed by atoms with E-state index in [2.05, 4.69) is 5.32 Å². The van der Waals surface area contributed by atoms with Gasteiger partial charge in [0.05, 0.1) is 0 Å². The second-order valence-corrected chi connectivity index (χ2v) is 3.91. The number of amides is 1. The van der Waals surface area contributed by atoms with E-state index in [1.165, 1.54) is 0 Å². The van der Waals surface area contributed by atoms with Gasteiger partial charge < -0.3 is 5.32 Å². The molecular weight excluding hydrogens is 202 g/mol. The Morgan fingerprint density at radius 2 is 1.88 bits per heavy atom. The number of hydrogen-bond donors (Lipinski definition) is 1. The number of Topliss-reactive ketones (excluding diaryl/α,β-unsaturated/α-hetero) is 1. The lowest BCUT2D eigenvalue weighted by molar-refractivity contribution is -0.120. The zero-order chi connectivity index (χ0) is 12.1. The van der Waals surface area contributed by atoms with Gasteiger partial charge in [-0.1, -0.05) is 17.7 Å². The smallest absolute Gasteiger partial charge is 0.220 e. The number of rotatable bonds is 4. The SMILES string of the molecule is CNC(=O)CCC(=O)c1cc(C)ccc1C. The minimum Gasteiger partial charge on any atom is -0.359 e. The maximum absolute atomic E-state index is 11.9. The molecule has 0 heterocycles. The summed E-state index contributed by atoms with van der Waals surface area (Å²) in [5.74, 6) is -0.0662. The first-order chi connectivity index (χ1) is 7.54. The molecule has 0 spiro atoms. The first kappa shape index (κ1) is 12.4. The summed E-state index contributed by atoms with van der Waals surface area (Å²) >= 11 is 0. The van der Waals surface area contributed by atoms with Crippen molar-refractivity contribution in [2.45, 2.75) is 26.7 Å². The Morgan fingerprint density at radius 3 is 2.50 bits per heavy atom. The van der Waals surface area contributed by atoms with E-state index in [-0.39, 0.29) is 24.5 Å². The molecule has 0 unspecified atom stereocenters. The summed E-state index contributed by atoms with van der Waals surface area (Å²) in [5.41, 5.74) is 2.75. The van der Waals surface area contributed by atoms with Crippen LogP contribution < -0.4 is 5.32 Å². The molecule has 3 nitrogen and oxygen atoms in total. The van der Waals surface area contributed by atoms with Crippen molar-refractivity contribution in [3.05, 3.63) is 34.9 Å². The molecule has 0 aliphatic carbocycles. The number of benzene rings is 1. The molecule has 16 heavy (non-hydrogen) atoms. The molecule has 86 valence electrons. The summed E-state index contributed by atoms with van der Waals surface area (Å²) in [5, 5.41) is 2.51. The topological polar surface area (TPSA) is 46.2 Å². The third-order valence-corrected chi connectivity index (χ3v) is 2.55. The van der Waals surface area contributed by atoms with Crippen molar-refractivity contribution in [1.82, 2.24) is 5.32 Å². The highest BCUT2D eigenvalue weighted by atomic mass is 16.2. The van der Waals surface area contributed by atoms with Gasteiger partial charge in [-0.25, -0.2) is 0 Å². The van der Waals surface area contributed by atoms with Gasteiger partial charge in [-0.15, -0.1) is 0 Å². The fraction of sp³-hybridized carbons (Fsp3) is 0.385. The molecule has 0 aliphatic heterocycles. The number of aryl methyl sites for hydroxylation is 2. The molecule has 0 fully saturated rings. The lowest BCUT2D eigenvalue weighted by Crippen LogP contribution is -2.18. The van der Waals surface area contributed by atoms with Crippen molar-refractivity contribution < 1.29 is 9.59 Å². The van der Waals surface area contributed by atoms with Gasteiger partial charge in [-0.3, -0.25) is 9.59 Å². The largest absolute Gasteiger partial charge is 0.359 e. The highest BCUT2D eigenvalue weighted by molar-refractivity contribution is 5.99. The average Bonchev–Trinajstić information content (AvgIpc) is 2.28. The standard InChI is InChI=1S/C13H17NO2/c1-9-4-5-10(2)11(8-9)12(15)6-7-13(16)14-3/h4-5,8H,6-7H2,1-3H3,(H,14,16). The van der Waals surface area contributed by atoms with Crippen LogP contribution >= 0.6 is 0 Å². The average molecular weight is 219 g/mol. The van der Waals surface area contributed by atoms with Gasteiger partial charge in [0.25, 0.3) is 0 Å². The second-order valence-electron chi connectivity index (χ2n) is 3.91. The van der Waals surface area contributed by atoms with E-state index in [4.69, 9.17) is 0 Å². The van der Waals surface area contributed by atoms with Crippen LogP contribution in [-0.2, 0) is 4.79 Å². The first-order valence-corrected chi connectivity index (χ1v) is 5.35. The third kappa shape index (κ3) is 3.19. The molecule has 3 heteroatoms. The molecule has 0 atom stereocenters. The number of carbonyl (C=O) groups excluding carboxylic acids is 2. The monoisotopic (exact) mass is 219 g/mol. The molecule has 0 bridgehead atoms. The second kappa shape index (κ2) is 5.45. The van der Waals surface area contributed by atoms with E-state index in [0.717, 1.165) is 16.7 Å². The summed E-state index contributed by atoms with van der Waals surface area (Å²) < 4.78 is 0. The maximum atomic E-state index is 11.9. The van der Waals surface area contributed by atoms with E-state index in [1.807, 2.05) is 32.0 Å². The molecule has 1 aromatic carbocycles. The van der Waals surface area contributed by atoms with Crippen LogP contribution in [0.3, 0.4) is 0 Å². The Kier molecular flexibility index (Phi) is 4.23. The Balaban J connectivity index is 2.73. The summed E-state index contributed by atoms with van der Waals surface area (Å²) in [6.45, 7) is 3.86. The van der Waals surface area contributed by atoms with Gasteiger partial charge in [0.2, 0.25) is 5.91 Å². The van der Waals surface area contributed by atoms with Crippen LogP contribution in [0.25, 0.3) is 0 Å². The fourth-order valence-electron chi connectivity index (χ4n) is 1.52. The number of nitrogens with one attached hydrogen (secondary N) is 1. The predicted molar refractivity (Wildman–Crippen MR) is 63.5 cm³/mol. The molecule has 1 aromatic rings. The molecule has 0 aromatic heterocycles. The van der Waals surface area contributed by atoms with Crippen molar-refractivity contribution in [2.75, 3.05) is 7.05 Å². The molecule has 1 rings (SSSR count). The van der Waals surface area contributed by atoms with Crippen molar-refractivity contribution in [3.8, 4) is 0 Å². The lowest BCUT2D eigenvalue weighted by atomic mass is 9.99. The van der Waals surface area contributed by atoms with Gasteiger partial charge >= 0.3 is 0 Å². The Bertz CT molecular complexity index is 410. The van der Waals surface area contributed by atoms with Crippen LogP contribution in [0.5, 0.6) is 0 Å². The van der Waals surface area contributed by atoms with Crippen LogP contribution in [0.2, 0.25) is 0 Å². The van der Waals surface area contributed by atoms with Gasteiger partial charge in [-0.2, -0.15) is 0 Å². The number of carbonyl (C=O) groups is 2. The summed E-state index contributed by atoms with van der Waals surface area (Å²) in [4.78, 5) is 22.9. The summed E-state index contributed by atoms with van der Waals surface area (Å²) in [7, 11) is 1.57. The van der Waals surface area contributed by atoms with Crippen LogP contribution in [0.1, 0.15) is 34.3 Å². The van der Waals surface area contributed by atoms with Gasteiger partial charge in [0, 0.05) is 25.5 Å². The Labute approximate surface area is 95.9 Å². The molecule has 0 saturated heterocycles. The van der Waals surface area contributed by atoms with Crippen LogP contribution in [-0.4, -0.2) is 18.7 Å². The molecule has 1 amide bonds. The van der Waals surface area contributed by atoms with Gasteiger partial charge in [0.15, 0.2) is 5.78 Å². The number of hydrogen-bond acceptors (Lipinski definition) is 2. The molecule has 1 N–H and O–H groups in total. The third-order valence-electron chi connectivity index (χ3n) is 2.55. The molecule has 0 saturated carbocycles. The van der Waals surface area contributed by atoms with Crippen molar-refractivity contribution in [2.24, 2.45) is 0 Å². The van der Waals surface area contributed by atoms with Crippen LogP contribution in [0.15, 0.2) is 18.2 Å². The maximum Gasteiger partial charge on any atom is 0.220 e. The predicted octanol–water partition coefficient (Wildman–Crippen LogP) is 2.01. The van der Waals surface area contributed by atoms with E-state index in [1.54, 1.807) is 7.05 Å². The quantitative estimate of drug-likeness (QED) is 0.787. The van der Waals surface area contributed by atoms with Crippen LogP contribution in [0.4, 0.5) is 0 Å². The van der Waals surface area contributed by atoms with Gasteiger partial charge in [0.1, 0.15) is 0 Å². The minimum atomic E-state index is -0.0985. The van der Waals surface area contributed by atoms with Crippen molar-refractivity contribution >= 4 is 11.7 Å². The molecular formula is C13H17NO2. The van der Waals surface area contributed by atoms with Gasteiger partial charge in [-0.05, 0) is 25.5 Å². The lowest BCUT2D eigenvalue weighted by Gasteiger charge is -2.05. The highest BCUT2D eigenvalue weighted by Gasteiger charge is 2.10. The highest BCUT2D eigenvalue weighted by Crippen LogP contribution is 2.13. The summed E-state index contributed by atoms with van der Waals surface area (Å²) in [6.07, 6.45) is 0.521. The summed E-state index contributed by atoms with van der Waals surface area (Å²) in [6, 6.07) is 5.79. The Hall–Kier alpha value is -1.64. The van der Waals surface area contributed by atoms with E-state index < -0.39 is 0 Å². The van der Waals surface area contributed by atoms with E-state index in [0.29, 0.717) is 0 Å². The molecule has 0 radical (unpaired) electrons. The van der Waals surface area contributed by atoms with E-state index in [9.17, 15) is 9.59 Å². The zero-order valence-corrected chi connectivity index (χ0v) is 9.96. The number of ketones is 1. The Morgan fingerprint density at radius 1 is 1.19 bits per heavy atom. The van der Waals surface area contributed by atoms with E-state index >= 15 is 0 Å². The fourth-order valence-corrected chi connectivity index (χ4v) is 1.52. The zero-order valence-electron chi connectivity index (χ0n) is 9.96. The normalized spacial score (nSPS) is 9.94. The van der Waals surface area contributed by atoms with Crippen molar-refractivity contribution in [1.29, 1.82) is 0 Å².